The van der Waals surface area contributed by atoms with Crippen LogP contribution in [0.2, 0.25) is 10.0 Å². The molecule has 9 nitrogen and oxygen atoms in total. The predicted molar refractivity (Wildman–Crippen MR) is 126 cm³/mol. The Labute approximate surface area is 195 Å². The number of anilines is 1. The largest absolute Gasteiger partial charge is 0.489 e. The van der Waals surface area contributed by atoms with Gasteiger partial charge in [0.05, 0.1) is 11.6 Å². The molecule has 0 fully saturated rings. The van der Waals surface area contributed by atoms with Crippen LogP contribution in [-0.2, 0) is 20.6 Å². The van der Waals surface area contributed by atoms with Crippen LogP contribution in [0.4, 0.5) is 5.95 Å². The fourth-order valence-corrected chi connectivity index (χ4v) is 3.74. The third-order valence-electron chi connectivity index (χ3n) is 5.07. The van der Waals surface area contributed by atoms with Gasteiger partial charge in [0.2, 0.25) is 5.95 Å². The summed E-state index contributed by atoms with van der Waals surface area (Å²) in [7, 11) is 2.97. The average Bonchev–Trinajstić information content (AvgIpc) is 3.08. The molecule has 3 rings (SSSR count). The fraction of sp³-hybridized carbons (Fsp3) is 0.476. The van der Waals surface area contributed by atoms with Gasteiger partial charge in [-0.2, -0.15) is 4.98 Å². The Morgan fingerprint density at radius 3 is 2.56 bits per heavy atom. The first-order valence-electron chi connectivity index (χ1n) is 10.3. The molecule has 0 aliphatic carbocycles. The normalized spacial score (nSPS) is 12.5. The molecule has 0 spiro atoms. The molecule has 11 heteroatoms. The van der Waals surface area contributed by atoms with Gasteiger partial charge < -0.3 is 19.7 Å². The maximum atomic E-state index is 12.9. The van der Waals surface area contributed by atoms with E-state index in [-0.39, 0.29) is 24.3 Å². The van der Waals surface area contributed by atoms with Gasteiger partial charge in [0.25, 0.3) is 5.56 Å². The Morgan fingerprint density at radius 1 is 1.19 bits per heavy atom. The Bertz CT molecular complexity index is 1230. The molecule has 1 aromatic carbocycles. The highest BCUT2D eigenvalue weighted by Crippen LogP contribution is 2.27. The molecule has 0 radical (unpaired) electrons. The molecule has 2 aromatic heterocycles. The first-order chi connectivity index (χ1) is 15.1. The van der Waals surface area contributed by atoms with Gasteiger partial charge in [-0.1, -0.05) is 37.0 Å². The molecule has 0 saturated carbocycles. The first kappa shape index (κ1) is 24.2. The molecule has 1 atom stereocenters. The number of aromatic nitrogens is 4. The quantitative estimate of drug-likeness (QED) is 0.484. The highest BCUT2D eigenvalue weighted by molar-refractivity contribution is 6.35. The van der Waals surface area contributed by atoms with E-state index in [9.17, 15) is 14.7 Å². The average molecular weight is 484 g/mol. The van der Waals surface area contributed by atoms with Gasteiger partial charge >= 0.3 is 5.69 Å². The Morgan fingerprint density at radius 2 is 1.91 bits per heavy atom. The molecule has 0 amide bonds. The summed E-state index contributed by atoms with van der Waals surface area (Å²) in [6.45, 7) is 4.79. The van der Waals surface area contributed by atoms with Crippen molar-refractivity contribution in [1.29, 1.82) is 0 Å². The number of imidazole rings is 1. The summed E-state index contributed by atoms with van der Waals surface area (Å²) < 4.78 is 9.56. The minimum absolute atomic E-state index is 0.0269. The summed E-state index contributed by atoms with van der Waals surface area (Å²) in [5.41, 5.74) is -0.479. The smallest absolute Gasteiger partial charge is 0.332 e. The molecule has 2 N–H and O–H groups in total. The lowest BCUT2D eigenvalue weighted by Crippen LogP contribution is -2.38. The maximum Gasteiger partial charge on any atom is 0.332 e. The molecule has 0 aliphatic rings. The summed E-state index contributed by atoms with van der Waals surface area (Å²) in [6.07, 6.45) is -0.0901. The number of halogens is 2. The molecule has 32 heavy (non-hydrogen) atoms. The number of fused-ring (bicyclic) bond motifs is 1. The maximum absolute atomic E-state index is 12.9. The lowest BCUT2D eigenvalue weighted by atomic mass is 10.1. The standard InChI is InChI=1S/C21H27Cl2N5O4/c1-12(2)7-8-24-20-25-18-17(19(30)27(4)21(31)26(18)3)28(20)10-14(29)11-32-16-6-5-13(22)9-15(16)23/h5-6,9,12,14,29H,7-8,10-11H2,1-4H3,(H,24,25)/t14-/m0/s1. The SMILES string of the molecule is CC(C)CCNc1nc2c(c(=O)n(C)c(=O)n2C)n1C[C@H](O)COc1ccc(Cl)cc1Cl. The van der Waals surface area contributed by atoms with Crippen LogP contribution in [-0.4, -0.2) is 43.0 Å². The molecule has 3 aromatic rings. The van der Waals surface area contributed by atoms with Crippen molar-refractivity contribution >= 4 is 40.3 Å². The van der Waals surface area contributed by atoms with Crippen LogP contribution in [0.5, 0.6) is 5.75 Å². The molecule has 0 bridgehead atoms. The minimum Gasteiger partial charge on any atom is -0.489 e. The number of aliphatic hydroxyl groups excluding tert-OH is 1. The molecular formula is C21H27Cl2N5O4. The lowest BCUT2D eigenvalue weighted by Gasteiger charge is -2.17. The minimum atomic E-state index is -0.980. The number of nitrogens with zero attached hydrogens (tertiary/aromatic N) is 4. The van der Waals surface area contributed by atoms with Crippen molar-refractivity contribution in [2.75, 3.05) is 18.5 Å². The van der Waals surface area contributed by atoms with E-state index in [2.05, 4.69) is 24.1 Å². The number of hydrogen-bond donors (Lipinski definition) is 2. The highest BCUT2D eigenvalue weighted by atomic mass is 35.5. The van der Waals surface area contributed by atoms with Crippen LogP contribution in [0, 0.1) is 5.92 Å². The summed E-state index contributed by atoms with van der Waals surface area (Å²) in [4.78, 5) is 29.7. The van der Waals surface area contributed by atoms with Gasteiger partial charge in [-0.25, -0.2) is 4.79 Å². The van der Waals surface area contributed by atoms with Crippen LogP contribution in [0.15, 0.2) is 27.8 Å². The molecule has 0 aliphatic heterocycles. The van der Waals surface area contributed by atoms with Gasteiger partial charge in [0.15, 0.2) is 11.2 Å². The van der Waals surface area contributed by atoms with Crippen LogP contribution in [0.1, 0.15) is 20.3 Å². The molecule has 0 saturated heterocycles. The van der Waals surface area contributed by atoms with Gasteiger partial charge in [0, 0.05) is 25.7 Å². The summed E-state index contributed by atoms with van der Waals surface area (Å²) in [5.74, 6) is 1.27. The zero-order valence-electron chi connectivity index (χ0n) is 18.4. The number of rotatable bonds is 9. The molecular weight excluding hydrogens is 457 g/mol. The van der Waals surface area contributed by atoms with Gasteiger partial charge in [0.1, 0.15) is 18.5 Å². The number of ether oxygens (including phenoxy) is 1. The summed E-state index contributed by atoms with van der Waals surface area (Å²) in [5, 5.41) is 14.7. The van der Waals surface area contributed by atoms with Crippen LogP contribution >= 0.6 is 23.2 Å². The topological polar surface area (TPSA) is 103 Å². The first-order valence-corrected chi connectivity index (χ1v) is 11.0. The second-order valence-electron chi connectivity index (χ2n) is 8.07. The van der Waals surface area contributed by atoms with Crippen molar-refractivity contribution < 1.29 is 9.84 Å². The molecule has 0 unspecified atom stereocenters. The van der Waals surface area contributed by atoms with E-state index in [4.69, 9.17) is 27.9 Å². The third kappa shape index (κ3) is 5.11. The Kier molecular flexibility index (Phi) is 7.53. The van der Waals surface area contributed by atoms with E-state index >= 15 is 0 Å². The van der Waals surface area contributed by atoms with E-state index in [1.165, 1.54) is 11.6 Å². The van der Waals surface area contributed by atoms with Crippen LogP contribution in [0.3, 0.4) is 0 Å². The number of hydrogen-bond acceptors (Lipinski definition) is 6. The van der Waals surface area contributed by atoms with E-state index in [1.54, 1.807) is 29.8 Å². The lowest BCUT2D eigenvalue weighted by molar-refractivity contribution is 0.0938. The number of benzene rings is 1. The van der Waals surface area contributed by atoms with Crippen LogP contribution in [0.25, 0.3) is 11.2 Å². The Balaban J connectivity index is 1.91. The fourth-order valence-electron chi connectivity index (χ4n) is 3.27. The van der Waals surface area contributed by atoms with Crippen molar-refractivity contribution in [3.63, 3.8) is 0 Å². The third-order valence-corrected chi connectivity index (χ3v) is 5.60. The van der Waals surface area contributed by atoms with E-state index in [1.807, 2.05) is 0 Å². The van der Waals surface area contributed by atoms with Gasteiger partial charge in [-0.15, -0.1) is 0 Å². The van der Waals surface area contributed by atoms with E-state index in [0.717, 1.165) is 11.0 Å². The van der Waals surface area contributed by atoms with Crippen molar-refractivity contribution in [1.82, 2.24) is 18.7 Å². The summed E-state index contributed by atoms with van der Waals surface area (Å²) in [6, 6.07) is 4.81. The van der Waals surface area contributed by atoms with Crippen molar-refractivity contribution in [2.24, 2.45) is 20.0 Å². The molecule has 2 heterocycles. The molecule has 174 valence electrons. The number of aryl methyl sites for hydroxylation is 1. The zero-order valence-corrected chi connectivity index (χ0v) is 19.9. The number of nitrogens with one attached hydrogen (secondary N) is 1. The zero-order chi connectivity index (χ0) is 23.6. The Hall–Kier alpha value is -2.49. The van der Waals surface area contributed by atoms with E-state index in [0.29, 0.717) is 34.2 Å². The second-order valence-corrected chi connectivity index (χ2v) is 8.92. The van der Waals surface area contributed by atoms with Gasteiger partial charge in [-0.3, -0.25) is 13.9 Å². The van der Waals surface area contributed by atoms with Gasteiger partial charge in [-0.05, 0) is 30.5 Å². The number of aliphatic hydroxyl groups is 1. The predicted octanol–water partition coefficient (Wildman–Crippen LogP) is 2.64. The summed E-state index contributed by atoms with van der Waals surface area (Å²) >= 11 is 12.0. The monoisotopic (exact) mass is 483 g/mol. The highest BCUT2D eigenvalue weighted by Gasteiger charge is 2.21. The van der Waals surface area contributed by atoms with E-state index < -0.39 is 17.4 Å². The van der Waals surface area contributed by atoms with Crippen molar-refractivity contribution in [3.05, 3.63) is 49.1 Å². The van der Waals surface area contributed by atoms with Crippen LogP contribution < -0.4 is 21.3 Å². The van der Waals surface area contributed by atoms with Crippen molar-refractivity contribution in [3.8, 4) is 5.75 Å². The van der Waals surface area contributed by atoms with Crippen molar-refractivity contribution in [2.45, 2.75) is 32.9 Å². The second kappa shape index (κ2) is 9.97.